The molecule has 0 unspecified atom stereocenters. The van der Waals surface area contributed by atoms with E-state index in [9.17, 15) is 0 Å². The molecule has 0 bridgehead atoms. The summed E-state index contributed by atoms with van der Waals surface area (Å²) in [6, 6.07) is 2.04. The van der Waals surface area contributed by atoms with Crippen LogP contribution in [0.15, 0.2) is 12.3 Å². The van der Waals surface area contributed by atoms with Gasteiger partial charge in [0.1, 0.15) is 0 Å². The van der Waals surface area contributed by atoms with Crippen molar-refractivity contribution in [1.29, 1.82) is 0 Å². The van der Waals surface area contributed by atoms with Crippen LogP contribution in [0.5, 0.6) is 0 Å². The van der Waals surface area contributed by atoms with Gasteiger partial charge < -0.3 is 5.32 Å². The number of hydrogen-bond acceptors (Lipinski definition) is 2. The fourth-order valence-corrected chi connectivity index (χ4v) is 1.66. The number of unbranched alkanes of at least 4 members (excludes halogenated alkanes) is 3. The number of aromatic nitrogens is 2. The summed E-state index contributed by atoms with van der Waals surface area (Å²) < 4.78 is 1.83. The molecule has 0 aliphatic carbocycles. The SMILES string of the molecule is Cn1ccc(CNCCCCCCCl)n1. The first-order valence-corrected chi connectivity index (χ1v) is 6.11. The van der Waals surface area contributed by atoms with Crippen molar-refractivity contribution in [1.82, 2.24) is 15.1 Å². The van der Waals surface area contributed by atoms with E-state index in [-0.39, 0.29) is 0 Å². The highest BCUT2D eigenvalue weighted by molar-refractivity contribution is 6.17. The summed E-state index contributed by atoms with van der Waals surface area (Å²) in [6.07, 6.45) is 6.85. The van der Waals surface area contributed by atoms with E-state index in [2.05, 4.69) is 10.4 Å². The monoisotopic (exact) mass is 229 g/mol. The van der Waals surface area contributed by atoms with Gasteiger partial charge in [-0.05, 0) is 25.5 Å². The molecule has 1 aromatic heterocycles. The Morgan fingerprint density at radius 1 is 1.33 bits per heavy atom. The second kappa shape index (κ2) is 7.71. The van der Waals surface area contributed by atoms with Crippen molar-refractivity contribution in [3.05, 3.63) is 18.0 Å². The van der Waals surface area contributed by atoms with Gasteiger partial charge in [-0.3, -0.25) is 4.68 Å². The molecule has 1 rings (SSSR count). The molecular formula is C11H20ClN3. The molecule has 4 heteroatoms. The zero-order valence-corrected chi connectivity index (χ0v) is 10.1. The first-order chi connectivity index (χ1) is 7.33. The van der Waals surface area contributed by atoms with Gasteiger partial charge in [0.05, 0.1) is 5.69 Å². The van der Waals surface area contributed by atoms with Crippen LogP contribution >= 0.6 is 11.6 Å². The Kier molecular flexibility index (Phi) is 6.44. The van der Waals surface area contributed by atoms with Crippen LogP contribution in [0.2, 0.25) is 0 Å². The first kappa shape index (κ1) is 12.5. The Bertz CT molecular complexity index is 260. The predicted molar refractivity (Wildman–Crippen MR) is 64.1 cm³/mol. The van der Waals surface area contributed by atoms with Crippen molar-refractivity contribution >= 4 is 11.6 Å². The summed E-state index contributed by atoms with van der Waals surface area (Å²) in [7, 11) is 1.94. The molecule has 0 aliphatic heterocycles. The van der Waals surface area contributed by atoms with Crippen molar-refractivity contribution in [3.63, 3.8) is 0 Å². The van der Waals surface area contributed by atoms with Crippen LogP contribution in [0.1, 0.15) is 31.4 Å². The Morgan fingerprint density at radius 3 is 2.80 bits per heavy atom. The number of aryl methyl sites for hydroxylation is 1. The van der Waals surface area contributed by atoms with Crippen molar-refractivity contribution in [2.24, 2.45) is 7.05 Å². The van der Waals surface area contributed by atoms with Crippen LogP contribution in [0.25, 0.3) is 0 Å². The van der Waals surface area contributed by atoms with Crippen molar-refractivity contribution < 1.29 is 0 Å². The van der Waals surface area contributed by atoms with E-state index in [1.54, 1.807) is 0 Å². The molecular weight excluding hydrogens is 210 g/mol. The maximum absolute atomic E-state index is 5.60. The van der Waals surface area contributed by atoms with E-state index in [0.717, 1.165) is 31.1 Å². The minimum Gasteiger partial charge on any atom is -0.311 e. The van der Waals surface area contributed by atoms with Crippen LogP contribution in [0, 0.1) is 0 Å². The summed E-state index contributed by atoms with van der Waals surface area (Å²) in [6.45, 7) is 1.94. The van der Waals surface area contributed by atoms with Gasteiger partial charge in [-0.1, -0.05) is 12.8 Å². The molecule has 0 saturated carbocycles. The van der Waals surface area contributed by atoms with Gasteiger partial charge in [-0.15, -0.1) is 11.6 Å². The molecule has 3 nitrogen and oxygen atoms in total. The van der Waals surface area contributed by atoms with Crippen LogP contribution in [-0.4, -0.2) is 22.2 Å². The van der Waals surface area contributed by atoms with E-state index in [0.29, 0.717) is 0 Å². The Hall–Kier alpha value is -0.540. The molecule has 0 radical (unpaired) electrons. The maximum Gasteiger partial charge on any atom is 0.0762 e. The quantitative estimate of drug-likeness (QED) is 0.548. The fraction of sp³-hybridized carbons (Fsp3) is 0.727. The number of halogens is 1. The lowest BCUT2D eigenvalue weighted by atomic mass is 10.2. The summed E-state index contributed by atoms with van der Waals surface area (Å²) in [5.41, 5.74) is 1.11. The molecule has 0 saturated heterocycles. The number of hydrogen-bond donors (Lipinski definition) is 1. The smallest absolute Gasteiger partial charge is 0.0762 e. The lowest BCUT2D eigenvalue weighted by Crippen LogP contribution is -2.15. The Labute approximate surface area is 96.8 Å². The van der Waals surface area contributed by atoms with E-state index in [1.165, 1.54) is 19.3 Å². The Morgan fingerprint density at radius 2 is 2.13 bits per heavy atom. The normalized spacial score (nSPS) is 10.8. The van der Waals surface area contributed by atoms with Crippen LogP contribution in [-0.2, 0) is 13.6 Å². The van der Waals surface area contributed by atoms with Crippen LogP contribution in [0.4, 0.5) is 0 Å². The van der Waals surface area contributed by atoms with E-state index < -0.39 is 0 Å². The molecule has 0 spiro atoms. The summed E-state index contributed by atoms with van der Waals surface area (Å²) >= 11 is 5.60. The third kappa shape index (κ3) is 5.80. The summed E-state index contributed by atoms with van der Waals surface area (Å²) in [5, 5.41) is 7.68. The van der Waals surface area contributed by atoms with Crippen molar-refractivity contribution in [3.8, 4) is 0 Å². The van der Waals surface area contributed by atoms with Gasteiger partial charge in [-0.25, -0.2) is 0 Å². The van der Waals surface area contributed by atoms with Crippen molar-refractivity contribution in [2.75, 3.05) is 12.4 Å². The summed E-state index contributed by atoms with van der Waals surface area (Å²) in [5.74, 6) is 0.793. The van der Waals surface area contributed by atoms with Gasteiger partial charge in [-0.2, -0.15) is 5.10 Å². The topological polar surface area (TPSA) is 29.9 Å². The van der Waals surface area contributed by atoms with E-state index in [4.69, 9.17) is 11.6 Å². The lowest BCUT2D eigenvalue weighted by molar-refractivity contribution is 0.589. The number of rotatable bonds is 8. The molecule has 86 valence electrons. The molecule has 0 aromatic carbocycles. The first-order valence-electron chi connectivity index (χ1n) is 5.58. The van der Waals surface area contributed by atoms with Crippen LogP contribution < -0.4 is 5.32 Å². The van der Waals surface area contributed by atoms with Gasteiger partial charge in [0.15, 0.2) is 0 Å². The highest BCUT2D eigenvalue weighted by Crippen LogP contribution is 2.00. The fourth-order valence-electron chi connectivity index (χ4n) is 1.47. The molecule has 1 heterocycles. The molecule has 1 N–H and O–H groups in total. The predicted octanol–water partition coefficient (Wildman–Crippen LogP) is 2.31. The van der Waals surface area contributed by atoms with E-state index in [1.807, 2.05) is 24.0 Å². The van der Waals surface area contributed by atoms with E-state index >= 15 is 0 Å². The molecule has 0 aliphatic rings. The minimum absolute atomic E-state index is 0.793. The number of nitrogens with one attached hydrogen (secondary N) is 1. The van der Waals surface area contributed by atoms with Gasteiger partial charge in [0, 0.05) is 25.7 Å². The minimum atomic E-state index is 0.793. The number of alkyl halides is 1. The molecule has 0 amide bonds. The van der Waals surface area contributed by atoms with Gasteiger partial charge >= 0.3 is 0 Å². The zero-order chi connectivity index (χ0) is 10.9. The highest BCUT2D eigenvalue weighted by Gasteiger charge is 1.95. The zero-order valence-electron chi connectivity index (χ0n) is 9.38. The second-order valence-electron chi connectivity index (χ2n) is 3.76. The molecule has 0 atom stereocenters. The third-order valence-corrected chi connectivity index (χ3v) is 2.58. The lowest BCUT2D eigenvalue weighted by Gasteiger charge is -2.02. The molecule has 15 heavy (non-hydrogen) atoms. The van der Waals surface area contributed by atoms with Gasteiger partial charge in [0.25, 0.3) is 0 Å². The van der Waals surface area contributed by atoms with Crippen LogP contribution in [0.3, 0.4) is 0 Å². The number of nitrogens with zero attached hydrogens (tertiary/aromatic N) is 2. The molecule has 1 aromatic rings. The highest BCUT2D eigenvalue weighted by atomic mass is 35.5. The third-order valence-electron chi connectivity index (χ3n) is 2.31. The second-order valence-corrected chi connectivity index (χ2v) is 4.14. The Balaban J connectivity index is 1.93. The molecule has 0 fully saturated rings. The average Bonchev–Trinajstić information content (AvgIpc) is 2.63. The largest absolute Gasteiger partial charge is 0.311 e. The maximum atomic E-state index is 5.60. The average molecular weight is 230 g/mol. The standard InChI is InChI=1S/C11H20ClN3/c1-15-9-6-11(14-15)10-13-8-5-3-2-4-7-12/h6,9,13H,2-5,7-8,10H2,1H3. The van der Waals surface area contributed by atoms with Crippen molar-refractivity contribution in [2.45, 2.75) is 32.2 Å². The summed E-state index contributed by atoms with van der Waals surface area (Å²) in [4.78, 5) is 0. The van der Waals surface area contributed by atoms with Gasteiger partial charge in [0.2, 0.25) is 0 Å².